The number of carbonyl (C=O) groups excluding carboxylic acids is 1. The summed E-state index contributed by atoms with van der Waals surface area (Å²) in [7, 11) is 0. The van der Waals surface area contributed by atoms with Crippen molar-refractivity contribution in [2.75, 3.05) is 19.7 Å². The van der Waals surface area contributed by atoms with Crippen LogP contribution in [0.25, 0.3) is 5.82 Å². The molecule has 2 aliphatic heterocycles. The van der Waals surface area contributed by atoms with Gasteiger partial charge < -0.3 is 10.1 Å². The van der Waals surface area contributed by atoms with Crippen LogP contribution in [-0.2, 0) is 4.74 Å². The van der Waals surface area contributed by atoms with Crippen LogP contribution in [0.3, 0.4) is 0 Å². The van der Waals surface area contributed by atoms with Crippen LogP contribution in [0.4, 0.5) is 0 Å². The van der Waals surface area contributed by atoms with Gasteiger partial charge in [-0.05, 0) is 31.0 Å². The normalized spacial score (nSPS) is 23.8. The molecular weight excluding hydrogens is 378 g/mol. The standard InChI is InChI=1S/C23H25N5O2/c1-16-20(12-25-28(16)22-9-5-6-10-24-22)23(29)26-18-11-19-15-30-21(14-27(19)13-18)17-7-3-2-4-8-17/h2-10,12,18-19,21H,11,13-15H2,1H3,(H,26,29)/t18-,19+,21-/m1/s1. The van der Waals surface area contributed by atoms with Gasteiger partial charge in [0.25, 0.3) is 5.91 Å². The van der Waals surface area contributed by atoms with Crippen LogP contribution >= 0.6 is 0 Å². The van der Waals surface area contributed by atoms with E-state index in [1.54, 1.807) is 17.1 Å². The number of ether oxygens (including phenoxy) is 1. The van der Waals surface area contributed by atoms with Crippen molar-refractivity contribution >= 4 is 5.91 Å². The average molecular weight is 403 g/mol. The highest BCUT2D eigenvalue weighted by Crippen LogP contribution is 2.30. The molecule has 2 saturated heterocycles. The van der Waals surface area contributed by atoms with E-state index in [0.717, 1.165) is 25.2 Å². The van der Waals surface area contributed by atoms with Crippen LogP contribution in [0.2, 0.25) is 0 Å². The maximum absolute atomic E-state index is 12.9. The van der Waals surface area contributed by atoms with Crippen molar-refractivity contribution in [1.29, 1.82) is 0 Å². The summed E-state index contributed by atoms with van der Waals surface area (Å²) in [4.78, 5) is 19.7. The van der Waals surface area contributed by atoms with Crippen molar-refractivity contribution in [2.24, 2.45) is 0 Å². The first kappa shape index (κ1) is 19.0. The average Bonchev–Trinajstić information content (AvgIpc) is 3.37. The molecule has 30 heavy (non-hydrogen) atoms. The summed E-state index contributed by atoms with van der Waals surface area (Å²) in [6.07, 6.45) is 4.34. The van der Waals surface area contributed by atoms with E-state index in [2.05, 4.69) is 32.4 Å². The van der Waals surface area contributed by atoms with Crippen LogP contribution in [0.5, 0.6) is 0 Å². The van der Waals surface area contributed by atoms with E-state index in [1.165, 1.54) is 5.56 Å². The summed E-state index contributed by atoms with van der Waals surface area (Å²) >= 11 is 0. The lowest BCUT2D eigenvalue weighted by Gasteiger charge is -2.35. The number of amides is 1. The maximum Gasteiger partial charge on any atom is 0.255 e. The second-order valence-corrected chi connectivity index (χ2v) is 7.99. The van der Waals surface area contributed by atoms with Gasteiger partial charge in [0, 0.05) is 31.4 Å². The summed E-state index contributed by atoms with van der Waals surface area (Å²) in [5.41, 5.74) is 2.58. The topological polar surface area (TPSA) is 72.3 Å². The molecule has 5 rings (SSSR count). The van der Waals surface area contributed by atoms with Crippen molar-refractivity contribution in [3.05, 3.63) is 77.7 Å². The number of hydrogen-bond donors (Lipinski definition) is 1. The van der Waals surface area contributed by atoms with Gasteiger partial charge in [0.05, 0.1) is 30.2 Å². The zero-order chi connectivity index (χ0) is 20.5. The van der Waals surface area contributed by atoms with Crippen LogP contribution in [0.15, 0.2) is 60.9 Å². The minimum Gasteiger partial charge on any atom is -0.371 e. The van der Waals surface area contributed by atoms with E-state index in [1.807, 2.05) is 43.3 Å². The molecule has 2 aliphatic rings. The van der Waals surface area contributed by atoms with Gasteiger partial charge in [-0.1, -0.05) is 36.4 Å². The number of pyridine rings is 1. The Morgan fingerprint density at radius 3 is 2.77 bits per heavy atom. The van der Waals surface area contributed by atoms with E-state index in [9.17, 15) is 4.79 Å². The number of carbonyl (C=O) groups is 1. The first-order valence-corrected chi connectivity index (χ1v) is 10.4. The summed E-state index contributed by atoms with van der Waals surface area (Å²) in [5, 5.41) is 7.56. The third-order valence-electron chi connectivity index (χ3n) is 6.05. The van der Waals surface area contributed by atoms with Crippen molar-refractivity contribution in [2.45, 2.75) is 31.5 Å². The number of nitrogens with zero attached hydrogens (tertiary/aromatic N) is 4. The van der Waals surface area contributed by atoms with E-state index in [4.69, 9.17) is 4.74 Å². The Morgan fingerprint density at radius 2 is 1.97 bits per heavy atom. The first-order valence-electron chi connectivity index (χ1n) is 10.4. The largest absolute Gasteiger partial charge is 0.371 e. The molecule has 3 atom stereocenters. The maximum atomic E-state index is 12.9. The minimum absolute atomic E-state index is 0.0833. The number of hydrogen-bond acceptors (Lipinski definition) is 5. The molecule has 4 heterocycles. The second-order valence-electron chi connectivity index (χ2n) is 7.99. The molecule has 0 spiro atoms. The van der Waals surface area contributed by atoms with Gasteiger partial charge in [-0.3, -0.25) is 9.69 Å². The highest BCUT2D eigenvalue weighted by atomic mass is 16.5. The predicted octanol–water partition coefficient (Wildman–Crippen LogP) is 2.52. The summed E-state index contributed by atoms with van der Waals surface area (Å²) < 4.78 is 7.81. The van der Waals surface area contributed by atoms with Gasteiger partial charge in [0.2, 0.25) is 0 Å². The zero-order valence-electron chi connectivity index (χ0n) is 16.9. The fraction of sp³-hybridized carbons (Fsp3) is 0.348. The summed E-state index contributed by atoms with van der Waals surface area (Å²) in [5.74, 6) is 0.621. The Bertz CT molecular complexity index is 1020. The molecule has 0 bridgehead atoms. The fourth-order valence-corrected chi connectivity index (χ4v) is 4.45. The number of fused-ring (bicyclic) bond motifs is 1. The van der Waals surface area contributed by atoms with Crippen LogP contribution < -0.4 is 5.32 Å². The Balaban J connectivity index is 1.24. The third kappa shape index (κ3) is 3.62. The number of rotatable bonds is 4. The second kappa shape index (κ2) is 8.01. The van der Waals surface area contributed by atoms with Gasteiger partial charge in [-0.15, -0.1) is 0 Å². The molecule has 0 saturated carbocycles. The Labute approximate surface area is 175 Å². The monoisotopic (exact) mass is 403 g/mol. The molecule has 2 fully saturated rings. The lowest BCUT2D eigenvalue weighted by molar-refractivity contribution is -0.0502. The molecule has 7 heteroatoms. The van der Waals surface area contributed by atoms with Gasteiger partial charge in [-0.25, -0.2) is 9.67 Å². The van der Waals surface area contributed by atoms with Crippen LogP contribution in [0.1, 0.15) is 34.1 Å². The van der Waals surface area contributed by atoms with Gasteiger partial charge >= 0.3 is 0 Å². The predicted molar refractivity (Wildman–Crippen MR) is 112 cm³/mol. The van der Waals surface area contributed by atoms with Crippen molar-refractivity contribution in [1.82, 2.24) is 25.0 Å². The Morgan fingerprint density at radius 1 is 1.13 bits per heavy atom. The minimum atomic E-state index is -0.0833. The quantitative estimate of drug-likeness (QED) is 0.725. The van der Waals surface area contributed by atoms with Gasteiger partial charge in [0.15, 0.2) is 5.82 Å². The van der Waals surface area contributed by atoms with Gasteiger partial charge in [0.1, 0.15) is 0 Å². The molecule has 0 unspecified atom stereocenters. The number of aromatic nitrogens is 3. The van der Waals surface area contributed by atoms with Crippen molar-refractivity contribution < 1.29 is 9.53 Å². The molecule has 154 valence electrons. The molecule has 1 aromatic carbocycles. The number of benzene rings is 1. The molecule has 3 aromatic rings. The van der Waals surface area contributed by atoms with E-state index >= 15 is 0 Å². The molecule has 0 aliphatic carbocycles. The summed E-state index contributed by atoms with van der Waals surface area (Å²) in [6.45, 7) is 4.30. The SMILES string of the molecule is Cc1c(C(=O)N[C@@H]2C[C@H]3CO[C@@H](c4ccccc4)CN3C2)cnn1-c1ccccn1. The molecule has 1 amide bonds. The lowest BCUT2D eigenvalue weighted by atomic mass is 10.1. The first-order chi connectivity index (χ1) is 14.7. The summed E-state index contributed by atoms with van der Waals surface area (Å²) in [6, 6.07) is 16.4. The molecule has 1 N–H and O–H groups in total. The van der Waals surface area contributed by atoms with E-state index in [0.29, 0.717) is 24.0 Å². The highest BCUT2D eigenvalue weighted by molar-refractivity contribution is 5.95. The van der Waals surface area contributed by atoms with Crippen LogP contribution in [-0.4, -0.2) is 57.4 Å². The van der Waals surface area contributed by atoms with Crippen LogP contribution in [0, 0.1) is 6.92 Å². The Kier molecular flexibility index (Phi) is 5.06. The highest BCUT2D eigenvalue weighted by Gasteiger charge is 2.38. The Hall–Kier alpha value is -3.03. The number of nitrogens with one attached hydrogen (secondary N) is 1. The lowest BCUT2D eigenvalue weighted by Crippen LogP contribution is -2.43. The number of morpholine rings is 1. The van der Waals surface area contributed by atoms with Gasteiger partial charge in [-0.2, -0.15) is 5.10 Å². The molecule has 0 radical (unpaired) electrons. The van der Waals surface area contributed by atoms with Crippen molar-refractivity contribution in [3.63, 3.8) is 0 Å². The van der Waals surface area contributed by atoms with E-state index < -0.39 is 0 Å². The van der Waals surface area contributed by atoms with Crippen molar-refractivity contribution in [3.8, 4) is 5.82 Å². The third-order valence-corrected chi connectivity index (χ3v) is 6.05. The fourth-order valence-electron chi connectivity index (χ4n) is 4.45. The van der Waals surface area contributed by atoms with E-state index in [-0.39, 0.29) is 18.1 Å². The molecule has 7 nitrogen and oxygen atoms in total. The molecular formula is C23H25N5O2. The zero-order valence-corrected chi connectivity index (χ0v) is 16.9. The smallest absolute Gasteiger partial charge is 0.255 e. The molecule has 2 aromatic heterocycles.